The van der Waals surface area contributed by atoms with E-state index in [4.69, 9.17) is 0 Å². The molecular formula is C18H18N4OS2. The van der Waals surface area contributed by atoms with E-state index >= 15 is 0 Å². The first-order valence-corrected chi connectivity index (χ1v) is 9.83. The number of hydrogen-bond donors (Lipinski definition) is 0. The zero-order valence-corrected chi connectivity index (χ0v) is 15.5. The largest absolute Gasteiger partial charge is 0.290 e. The van der Waals surface area contributed by atoms with Crippen molar-refractivity contribution in [2.75, 3.05) is 17.7 Å². The van der Waals surface area contributed by atoms with Gasteiger partial charge in [-0.15, -0.1) is 10.2 Å². The zero-order valence-electron chi connectivity index (χ0n) is 13.8. The Bertz CT molecular complexity index is 808. The summed E-state index contributed by atoms with van der Waals surface area (Å²) in [6.07, 6.45) is 3.94. The number of amides is 1. The van der Waals surface area contributed by atoms with Crippen molar-refractivity contribution in [2.45, 2.75) is 12.2 Å². The van der Waals surface area contributed by atoms with Crippen LogP contribution in [-0.4, -0.2) is 33.9 Å². The van der Waals surface area contributed by atoms with E-state index in [1.54, 1.807) is 36.1 Å². The molecule has 0 unspecified atom stereocenters. The van der Waals surface area contributed by atoms with E-state index in [1.807, 2.05) is 30.3 Å². The van der Waals surface area contributed by atoms with Crippen LogP contribution >= 0.6 is 23.1 Å². The molecule has 0 spiro atoms. The smallest absolute Gasteiger partial charge is 0.229 e. The van der Waals surface area contributed by atoms with E-state index in [1.165, 1.54) is 16.9 Å². The van der Waals surface area contributed by atoms with Crippen LogP contribution in [0.4, 0.5) is 5.13 Å². The molecule has 0 saturated heterocycles. The third-order valence-electron chi connectivity index (χ3n) is 3.56. The predicted octanol–water partition coefficient (Wildman–Crippen LogP) is 3.89. The molecule has 0 bridgehead atoms. The van der Waals surface area contributed by atoms with Crippen LogP contribution in [-0.2, 0) is 10.5 Å². The lowest BCUT2D eigenvalue weighted by Gasteiger charge is -2.12. The fourth-order valence-corrected chi connectivity index (χ4v) is 3.86. The molecule has 25 heavy (non-hydrogen) atoms. The molecule has 3 rings (SSSR count). The number of benzene rings is 1. The summed E-state index contributed by atoms with van der Waals surface area (Å²) in [5, 5.41) is 9.66. The highest BCUT2D eigenvalue weighted by Gasteiger charge is 2.16. The molecule has 0 radical (unpaired) electrons. The first kappa shape index (κ1) is 17.6. The maximum atomic E-state index is 12.3. The summed E-state index contributed by atoms with van der Waals surface area (Å²) in [4.78, 5) is 18.0. The molecule has 0 N–H and O–H groups in total. The van der Waals surface area contributed by atoms with Crippen LogP contribution in [0.15, 0.2) is 54.9 Å². The fourth-order valence-electron chi connectivity index (χ4n) is 2.16. The van der Waals surface area contributed by atoms with Gasteiger partial charge in [0.1, 0.15) is 0 Å². The highest BCUT2D eigenvalue weighted by molar-refractivity contribution is 7.98. The van der Waals surface area contributed by atoms with Gasteiger partial charge in [0.25, 0.3) is 0 Å². The minimum absolute atomic E-state index is 0.0504. The molecule has 0 aliphatic heterocycles. The van der Waals surface area contributed by atoms with Crippen molar-refractivity contribution in [1.29, 1.82) is 0 Å². The van der Waals surface area contributed by atoms with E-state index in [0.717, 1.165) is 22.1 Å². The average molecular weight is 371 g/mol. The van der Waals surface area contributed by atoms with Crippen LogP contribution in [0, 0.1) is 0 Å². The van der Waals surface area contributed by atoms with Crippen molar-refractivity contribution in [3.8, 4) is 10.6 Å². The van der Waals surface area contributed by atoms with Gasteiger partial charge in [-0.05, 0) is 17.7 Å². The molecule has 128 valence electrons. The van der Waals surface area contributed by atoms with Crippen molar-refractivity contribution in [2.24, 2.45) is 0 Å². The summed E-state index contributed by atoms with van der Waals surface area (Å²) < 4.78 is 0. The average Bonchev–Trinajstić information content (AvgIpc) is 3.16. The van der Waals surface area contributed by atoms with Gasteiger partial charge in [-0.2, -0.15) is 11.8 Å². The topological polar surface area (TPSA) is 59.0 Å². The lowest BCUT2D eigenvalue weighted by molar-refractivity contribution is -0.117. The Kier molecular flexibility index (Phi) is 6.14. The van der Waals surface area contributed by atoms with Crippen LogP contribution < -0.4 is 4.90 Å². The number of carbonyl (C=O) groups excluding carboxylic acids is 1. The molecule has 0 fully saturated rings. The minimum atomic E-state index is 0.0504. The van der Waals surface area contributed by atoms with Gasteiger partial charge >= 0.3 is 0 Å². The maximum absolute atomic E-state index is 12.3. The Morgan fingerprint density at radius 1 is 1.16 bits per heavy atom. The second-order valence-electron chi connectivity index (χ2n) is 5.37. The number of carbonyl (C=O) groups is 1. The van der Waals surface area contributed by atoms with Crippen molar-refractivity contribution >= 4 is 34.1 Å². The molecule has 1 aromatic carbocycles. The van der Waals surface area contributed by atoms with Gasteiger partial charge in [-0.3, -0.25) is 14.7 Å². The number of hydrogen-bond acceptors (Lipinski definition) is 6. The van der Waals surface area contributed by atoms with Crippen molar-refractivity contribution in [1.82, 2.24) is 15.2 Å². The van der Waals surface area contributed by atoms with Crippen LogP contribution in [0.3, 0.4) is 0 Å². The summed E-state index contributed by atoms with van der Waals surface area (Å²) in [5.74, 6) is 1.75. The number of nitrogens with zero attached hydrogens (tertiary/aromatic N) is 4. The molecule has 0 aliphatic rings. The standard InChI is InChI=1S/C18H18N4OS2/c1-22(16(23)9-11-24-13-14-6-3-2-4-7-14)18-21-20-17(25-18)15-8-5-10-19-12-15/h2-8,10,12H,9,11,13H2,1H3. The second-order valence-corrected chi connectivity index (χ2v) is 7.43. The van der Waals surface area contributed by atoms with E-state index < -0.39 is 0 Å². The van der Waals surface area contributed by atoms with Gasteiger partial charge in [-0.25, -0.2) is 0 Å². The lowest BCUT2D eigenvalue weighted by atomic mass is 10.2. The van der Waals surface area contributed by atoms with E-state index in [9.17, 15) is 4.79 Å². The number of anilines is 1. The SMILES string of the molecule is CN(C(=O)CCSCc1ccccc1)c1nnc(-c2cccnc2)s1. The Morgan fingerprint density at radius 3 is 2.76 bits per heavy atom. The summed E-state index contributed by atoms with van der Waals surface area (Å²) in [5.41, 5.74) is 2.18. The molecule has 1 amide bonds. The molecule has 3 aromatic rings. The molecule has 7 heteroatoms. The van der Waals surface area contributed by atoms with Gasteiger partial charge in [0, 0.05) is 42.9 Å². The molecule has 2 heterocycles. The number of rotatable bonds is 7. The van der Waals surface area contributed by atoms with Gasteiger partial charge in [0.15, 0.2) is 5.01 Å². The third-order valence-corrected chi connectivity index (χ3v) is 5.63. The molecular weight excluding hydrogens is 352 g/mol. The van der Waals surface area contributed by atoms with Crippen molar-refractivity contribution in [3.05, 3.63) is 60.4 Å². The number of pyridine rings is 1. The van der Waals surface area contributed by atoms with Crippen LogP contribution in [0.5, 0.6) is 0 Å². The highest BCUT2D eigenvalue weighted by atomic mass is 32.2. The van der Waals surface area contributed by atoms with Gasteiger partial charge in [0.05, 0.1) is 0 Å². The summed E-state index contributed by atoms with van der Waals surface area (Å²) >= 11 is 3.16. The Hall–Kier alpha value is -2.25. The van der Waals surface area contributed by atoms with Crippen LogP contribution in [0.2, 0.25) is 0 Å². The quantitative estimate of drug-likeness (QED) is 0.591. The highest BCUT2D eigenvalue weighted by Crippen LogP contribution is 2.27. The zero-order chi connectivity index (χ0) is 17.5. The summed E-state index contributed by atoms with van der Waals surface area (Å²) in [7, 11) is 1.75. The third kappa shape index (κ3) is 4.87. The van der Waals surface area contributed by atoms with Crippen molar-refractivity contribution < 1.29 is 4.79 Å². The minimum Gasteiger partial charge on any atom is -0.290 e. The van der Waals surface area contributed by atoms with Gasteiger partial charge in [-0.1, -0.05) is 41.7 Å². The summed E-state index contributed by atoms with van der Waals surface area (Å²) in [6.45, 7) is 0. The number of thioether (sulfide) groups is 1. The van der Waals surface area contributed by atoms with E-state index in [2.05, 4.69) is 27.3 Å². The van der Waals surface area contributed by atoms with Crippen LogP contribution in [0.1, 0.15) is 12.0 Å². The first-order chi connectivity index (χ1) is 12.2. The Balaban J connectivity index is 1.50. The molecule has 5 nitrogen and oxygen atoms in total. The predicted molar refractivity (Wildman–Crippen MR) is 104 cm³/mol. The molecule has 0 aliphatic carbocycles. The van der Waals surface area contributed by atoms with Gasteiger partial charge in [0.2, 0.25) is 11.0 Å². The van der Waals surface area contributed by atoms with E-state index in [0.29, 0.717) is 11.6 Å². The normalized spacial score (nSPS) is 10.6. The summed E-state index contributed by atoms with van der Waals surface area (Å²) in [6, 6.07) is 14.1. The molecule has 0 atom stereocenters. The molecule has 0 saturated carbocycles. The number of aromatic nitrogens is 3. The Labute approximate surface area is 155 Å². The van der Waals surface area contributed by atoms with Crippen LogP contribution in [0.25, 0.3) is 10.6 Å². The molecule has 2 aromatic heterocycles. The Morgan fingerprint density at radius 2 is 2.00 bits per heavy atom. The fraction of sp³-hybridized carbons (Fsp3) is 0.222. The maximum Gasteiger partial charge on any atom is 0.229 e. The monoisotopic (exact) mass is 370 g/mol. The van der Waals surface area contributed by atoms with E-state index in [-0.39, 0.29) is 5.91 Å². The second kappa shape index (κ2) is 8.73. The first-order valence-electron chi connectivity index (χ1n) is 7.86. The van der Waals surface area contributed by atoms with Crippen molar-refractivity contribution in [3.63, 3.8) is 0 Å². The lowest BCUT2D eigenvalue weighted by Crippen LogP contribution is -2.26. The van der Waals surface area contributed by atoms with Gasteiger partial charge < -0.3 is 0 Å².